The highest BCUT2D eigenvalue weighted by molar-refractivity contribution is 5.76. The van der Waals surface area contributed by atoms with Gasteiger partial charge in [-0.2, -0.15) is 4.98 Å². The van der Waals surface area contributed by atoms with Gasteiger partial charge in [-0.1, -0.05) is 54.9 Å². The number of carbonyl (C=O) groups excluding carboxylic acids is 1. The van der Waals surface area contributed by atoms with E-state index in [4.69, 9.17) is 14.0 Å². The Morgan fingerprint density at radius 3 is 2.55 bits per heavy atom. The summed E-state index contributed by atoms with van der Waals surface area (Å²) in [5.74, 6) is 2.59. The van der Waals surface area contributed by atoms with Gasteiger partial charge in [-0.15, -0.1) is 0 Å². The van der Waals surface area contributed by atoms with E-state index in [1.807, 2.05) is 49.4 Å². The Kier molecular flexibility index (Phi) is 6.21. The van der Waals surface area contributed by atoms with Crippen molar-refractivity contribution in [3.8, 4) is 22.9 Å². The van der Waals surface area contributed by atoms with Crippen LogP contribution in [0, 0.1) is 12.8 Å². The molecule has 1 aliphatic rings. The number of amides is 1. The molecule has 1 aliphatic heterocycles. The third-order valence-electron chi connectivity index (χ3n) is 5.25. The van der Waals surface area contributed by atoms with Gasteiger partial charge < -0.3 is 19.3 Å². The van der Waals surface area contributed by atoms with Crippen molar-refractivity contribution in [1.82, 2.24) is 15.5 Å². The van der Waals surface area contributed by atoms with Gasteiger partial charge in [0.15, 0.2) is 11.5 Å². The van der Waals surface area contributed by atoms with E-state index in [1.54, 1.807) is 0 Å². The number of aryl methyl sites for hydroxylation is 2. The average Bonchev–Trinajstić information content (AvgIpc) is 3.25. The van der Waals surface area contributed by atoms with Crippen LogP contribution in [0.15, 0.2) is 47.0 Å². The summed E-state index contributed by atoms with van der Waals surface area (Å²) in [6.45, 7) is 7.27. The number of hydrogen-bond acceptors (Lipinski definition) is 6. The van der Waals surface area contributed by atoms with Crippen molar-refractivity contribution in [2.75, 3.05) is 13.2 Å². The van der Waals surface area contributed by atoms with E-state index < -0.39 is 0 Å². The van der Waals surface area contributed by atoms with E-state index in [1.165, 1.54) is 5.56 Å². The van der Waals surface area contributed by atoms with Crippen LogP contribution in [-0.4, -0.2) is 29.3 Å². The zero-order valence-corrected chi connectivity index (χ0v) is 18.1. The molecule has 31 heavy (non-hydrogen) atoms. The first-order valence-electron chi connectivity index (χ1n) is 10.6. The van der Waals surface area contributed by atoms with Crippen LogP contribution in [0.5, 0.6) is 11.5 Å². The zero-order chi connectivity index (χ0) is 21.8. The molecule has 4 rings (SSSR count). The monoisotopic (exact) mass is 421 g/mol. The Bertz CT molecular complexity index is 1040. The van der Waals surface area contributed by atoms with Gasteiger partial charge in [0.1, 0.15) is 13.2 Å². The maximum absolute atomic E-state index is 12.7. The number of benzene rings is 2. The minimum absolute atomic E-state index is 0.0660. The molecule has 162 valence electrons. The number of carbonyl (C=O) groups is 1. The maximum Gasteiger partial charge on any atom is 0.227 e. The van der Waals surface area contributed by atoms with Gasteiger partial charge in [0.2, 0.25) is 17.6 Å². The molecule has 3 aromatic rings. The molecular weight excluding hydrogens is 394 g/mol. The summed E-state index contributed by atoms with van der Waals surface area (Å²) < 4.78 is 16.6. The average molecular weight is 421 g/mol. The van der Waals surface area contributed by atoms with E-state index in [0.717, 1.165) is 22.6 Å². The van der Waals surface area contributed by atoms with E-state index in [2.05, 4.69) is 29.3 Å². The molecule has 0 saturated carbocycles. The molecule has 0 aliphatic carbocycles. The smallest absolute Gasteiger partial charge is 0.227 e. The first kappa shape index (κ1) is 20.9. The molecule has 2 heterocycles. The quantitative estimate of drug-likeness (QED) is 0.613. The fourth-order valence-corrected chi connectivity index (χ4v) is 3.53. The standard InChI is InChI=1S/C24H27N3O4/c1-15(2)23(18-8-9-19-20(14-18)30-13-12-29-19)25-21(28)10-11-22-26-24(27-31-22)17-6-4-16(3)5-7-17/h4-9,14-15,23H,10-13H2,1-3H3,(H,25,28). The highest BCUT2D eigenvalue weighted by Gasteiger charge is 2.22. The lowest BCUT2D eigenvalue weighted by molar-refractivity contribution is -0.122. The third kappa shape index (κ3) is 5.05. The van der Waals surface area contributed by atoms with E-state index >= 15 is 0 Å². The van der Waals surface area contributed by atoms with Crippen LogP contribution >= 0.6 is 0 Å². The van der Waals surface area contributed by atoms with Crippen molar-refractivity contribution in [2.24, 2.45) is 5.92 Å². The number of rotatable bonds is 7. The van der Waals surface area contributed by atoms with Crippen LogP contribution in [0.25, 0.3) is 11.4 Å². The van der Waals surface area contributed by atoms with Crippen molar-refractivity contribution in [2.45, 2.75) is 39.7 Å². The Balaban J connectivity index is 1.37. The molecule has 7 nitrogen and oxygen atoms in total. The van der Waals surface area contributed by atoms with Crippen molar-refractivity contribution < 1.29 is 18.8 Å². The van der Waals surface area contributed by atoms with Crippen LogP contribution in [-0.2, 0) is 11.2 Å². The summed E-state index contributed by atoms with van der Waals surface area (Å²) in [6, 6.07) is 13.6. The molecule has 0 bridgehead atoms. The van der Waals surface area contributed by atoms with Gasteiger partial charge in [-0.3, -0.25) is 4.79 Å². The molecule has 7 heteroatoms. The highest BCUT2D eigenvalue weighted by atomic mass is 16.6. The molecule has 1 N–H and O–H groups in total. The number of aromatic nitrogens is 2. The number of nitrogens with one attached hydrogen (secondary N) is 1. The fraction of sp³-hybridized carbons (Fsp3) is 0.375. The van der Waals surface area contributed by atoms with Crippen molar-refractivity contribution >= 4 is 5.91 Å². The Morgan fingerprint density at radius 1 is 1.06 bits per heavy atom. The van der Waals surface area contributed by atoms with Gasteiger partial charge in [0.05, 0.1) is 6.04 Å². The van der Waals surface area contributed by atoms with Crippen LogP contribution in [0.2, 0.25) is 0 Å². The topological polar surface area (TPSA) is 86.5 Å². The van der Waals surface area contributed by atoms with Crippen LogP contribution in [0.3, 0.4) is 0 Å². The first-order chi connectivity index (χ1) is 15.0. The minimum atomic E-state index is -0.130. The van der Waals surface area contributed by atoms with Crippen molar-refractivity contribution in [1.29, 1.82) is 0 Å². The lowest BCUT2D eigenvalue weighted by Gasteiger charge is -2.25. The van der Waals surface area contributed by atoms with Crippen molar-refractivity contribution in [3.05, 3.63) is 59.5 Å². The molecule has 0 fully saturated rings. The Morgan fingerprint density at radius 2 is 1.81 bits per heavy atom. The Labute approximate surface area is 181 Å². The third-order valence-corrected chi connectivity index (χ3v) is 5.25. The molecule has 0 radical (unpaired) electrons. The molecule has 1 aromatic heterocycles. The van der Waals surface area contributed by atoms with Gasteiger partial charge in [0.25, 0.3) is 0 Å². The molecule has 0 saturated heterocycles. The summed E-state index contributed by atoms with van der Waals surface area (Å²) in [7, 11) is 0. The molecule has 2 aromatic carbocycles. The fourth-order valence-electron chi connectivity index (χ4n) is 3.53. The lowest BCUT2D eigenvalue weighted by atomic mass is 9.95. The summed E-state index contributed by atoms with van der Waals surface area (Å²) >= 11 is 0. The summed E-state index contributed by atoms with van der Waals surface area (Å²) in [5.41, 5.74) is 3.05. The second-order valence-electron chi connectivity index (χ2n) is 8.07. The largest absolute Gasteiger partial charge is 0.486 e. The normalized spacial score (nSPS) is 13.8. The van der Waals surface area contributed by atoms with Crippen LogP contribution in [0.4, 0.5) is 0 Å². The number of ether oxygens (including phenoxy) is 2. The summed E-state index contributed by atoms with van der Waals surface area (Å²) in [5, 5.41) is 7.16. The zero-order valence-electron chi connectivity index (χ0n) is 18.1. The SMILES string of the molecule is Cc1ccc(-c2noc(CCC(=O)NC(c3ccc4c(c3)OCCO4)C(C)C)n2)cc1. The number of hydrogen-bond donors (Lipinski definition) is 1. The van der Waals surface area contributed by atoms with E-state index in [-0.39, 0.29) is 24.3 Å². The van der Waals surface area contributed by atoms with Crippen molar-refractivity contribution in [3.63, 3.8) is 0 Å². The predicted molar refractivity (Wildman–Crippen MR) is 116 cm³/mol. The maximum atomic E-state index is 12.7. The second-order valence-corrected chi connectivity index (χ2v) is 8.07. The highest BCUT2D eigenvalue weighted by Crippen LogP contribution is 2.34. The van der Waals surface area contributed by atoms with Gasteiger partial charge in [-0.25, -0.2) is 0 Å². The van der Waals surface area contributed by atoms with Crippen LogP contribution < -0.4 is 14.8 Å². The molecule has 1 atom stereocenters. The second kappa shape index (κ2) is 9.20. The minimum Gasteiger partial charge on any atom is -0.486 e. The van der Waals surface area contributed by atoms with Gasteiger partial charge in [-0.05, 0) is 30.5 Å². The summed E-state index contributed by atoms with van der Waals surface area (Å²) in [6.07, 6.45) is 0.653. The van der Waals surface area contributed by atoms with E-state index in [0.29, 0.717) is 31.3 Å². The van der Waals surface area contributed by atoms with Crippen LogP contribution in [0.1, 0.15) is 43.3 Å². The van der Waals surface area contributed by atoms with E-state index in [9.17, 15) is 4.79 Å². The lowest BCUT2D eigenvalue weighted by Crippen LogP contribution is -2.32. The summed E-state index contributed by atoms with van der Waals surface area (Å²) in [4.78, 5) is 17.1. The number of nitrogens with zero attached hydrogens (tertiary/aromatic N) is 2. The van der Waals surface area contributed by atoms with Gasteiger partial charge >= 0.3 is 0 Å². The predicted octanol–water partition coefficient (Wildman–Crippen LogP) is 4.26. The molecule has 1 unspecified atom stereocenters. The first-order valence-corrected chi connectivity index (χ1v) is 10.6. The molecule has 0 spiro atoms. The van der Waals surface area contributed by atoms with Gasteiger partial charge in [0, 0.05) is 18.4 Å². The molecular formula is C24H27N3O4. The molecule has 1 amide bonds. The number of fused-ring (bicyclic) bond motifs is 1. The Hall–Kier alpha value is -3.35.